The topological polar surface area (TPSA) is 57.5 Å². The number of hydrogen-bond donors (Lipinski definition) is 2. The lowest BCUT2D eigenvalue weighted by molar-refractivity contribution is 0.237. The zero-order valence-corrected chi connectivity index (χ0v) is 12.7. The Kier molecular flexibility index (Phi) is 4.32. The van der Waals surface area contributed by atoms with Gasteiger partial charge in [0.2, 0.25) is 0 Å². The minimum atomic E-state index is -0.125. The molecule has 2 amide bonds. The van der Waals surface area contributed by atoms with Gasteiger partial charge in [-0.3, -0.25) is 0 Å². The molecule has 22 heavy (non-hydrogen) atoms. The molecule has 116 valence electrons. The van der Waals surface area contributed by atoms with Crippen LogP contribution < -0.4 is 15.5 Å². The molecule has 2 heterocycles. The molecule has 0 spiro atoms. The van der Waals surface area contributed by atoms with E-state index in [1.807, 2.05) is 31.2 Å². The van der Waals surface area contributed by atoms with E-state index in [1.165, 1.54) is 5.69 Å². The molecule has 5 heteroatoms. The molecule has 1 atom stereocenters. The number of amides is 2. The summed E-state index contributed by atoms with van der Waals surface area (Å²) in [4.78, 5) is 14.3. The van der Waals surface area contributed by atoms with Gasteiger partial charge in [0.05, 0.1) is 6.26 Å². The average molecular weight is 299 g/mol. The van der Waals surface area contributed by atoms with Crippen LogP contribution in [0.15, 0.2) is 47.1 Å². The monoisotopic (exact) mass is 299 g/mol. The Balaban J connectivity index is 1.46. The van der Waals surface area contributed by atoms with Crippen molar-refractivity contribution in [1.29, 1.82) is 0 Å². The minimum Gasteiger partial charge on any atom is -0.469 e. The van der Waals surface area contributed by atoms with Gasteiger partial charge in [-0.2, -0.15) is 0 Å². The van der Waals surface area contributed by atoms with Crippen LogP contribution >= 0.6 is 0 Å². The molecule has 0 unspecified atom stereocenters. The van der Waals surface area contributed by atoms with E-state index >= 15 is 0 Å². The second-order valence-corrected chi connectivity index (χ2v) is 5.60. The van der Waals surface area contributed by atoms with Gasteiger partial charge in [-0.05, 0) is 31.5 Å². The van der Waals surface area contributed by atoms with Crippen molar-refractivity contribution >= 4 is 11.7 Å². The molecule has 1 aliphatic rings. The predicted molar refractivity (Wildman–Crippen MR) is 85.9 cm³/mol. The van der Waals surface area contributed by atoms with Gasteiger partial charge in [0, 0.05) is 36.9 Å². The maximum absolute atomic E-state index is 12.0. The van der Waals surface area contributed by atoms with Crippen molar-refractivity contribution in [2.75, 3.05) is 18.0 Å². The molecule has 0 saturated carbocycles. The lowest BCUT2D eigenvalue weighted by Crippen LogP contribution is -2.43. The summed E-state index contributed by atoms with van der Waals surface area (Å²) in [5, 5.41) is 5.92. The number of rotatable bonds is 4. The Morgan fingerprint density at radius 3 is 2.86 bits per heavy atom. The third kappa shape index (κ3) is 3.42. The second-order valence-electron chi connectivity index (χ2n) is 5.60. The van der Waals surface area contributed by atoms with Gasteiger partial charge in [-0.25, -0.2) is 4.79 Å². The first-order valence-corrected chi connectivity index (χ1v) is 7.59. The first-order valence-electron chi connectivity index (χ1n) is 7.59. The van der Waals surface area contributed by atoms with Gasteiger partial charge in [-0.15, -0.1) is 0 Å². The average Bonchev–Trinajstić information content (AvgIpc) is 3.15. The van der Waals surface area contributed by atoms with E-state index in [1.54, 1.807) is 6.26 Å². The maximum atomic E-state index is 12.0. The van der Waals surface area contributed by atoms with Gasteiger partial charge >= 0.3 is 6.03 Å². The molecule has 1 aromatic carbocycles. The lowest BCUT2D eigenvalue weighted by Gasteiger charge is -2.19. The van der Waals surface area contributed by atoms with E-state index in [-0.39, 0.29) is 12.1 Å². The van der Waals surface area contributed by atoms with E-state index in [0.717, 1.165) is 30.8 Å². The Labute approximate surface area is 130 Å². The fourth-order valence-corrected chi connectivity index (χ4v) is 2.76. The number of aryl methyl sites for hydroxylation is 1. The summed E-state index contributed by atoms with van der Waals surface area (Å²) in [6.07, 6.45) is 2.60. The second kappa shape index (κ2) is 6.56. The summed E-state index contributed by atoms with van der Waals surface area (Å²) >= 11 is 0. The fraction of sp³-hybridized carbons (Fsp3) is 0.353. The smallest absolute Gasteiger partial charge is 0.315 e. The maximum Gasteiger partial charge on any atom is 0.315 e. The van der Waals surface area contributed by atoms with Crippen LogP contribution in [0.3, 0.4) is 0 Å². The van der Waals surface area contributed by atoms with E-state index in [0.29, 0.717) is 6.54 Å². The van der Waals surface area contributed by atoms with Crippen LogP contribution in [0.1, 0.15) is 17.7 Å². The summed E-state index contributed by atoms with van der Waals surface area (Å²) < 4.78 is 5.21. The number of carbonyl (C=O) groups is 1. The number of anilines is 1. The highest BCUT2D eigenvalue weighted by Crippen LogP contribution is 2.19. The highest BCUT2D eigenvalue weighted by molar-refractivity contribution is 5.74. The van der Waals surface area contributed by atoms with Crippen LogP contribution in [0, 0.1) is 6.92 Å². The van der Waals surface area contributed by atoms with Crippen LogP contribution in [0.5, 0.6) is 0 Å². The van der Waals surface area contributed by atoms with Crippen molar-refractivity contribution in [2.45, 2.75) is 25.9 Å². The van der Waals surface area contributed by atoms with Gasteiger partial charge < -0.3 is 20.0 Å². The number of carbonyl (C=O) groups excluding carboxylic acids is 1. The first kappa shape index (κ1) is 14.5. The van der Waals surface area contributed by atoms with Crippen LogP contribution in [0.2, 0.25) is 0 Å². The van der Waals surface area contributed by atoms with Crippen molar-refractivity contribution in [1.82, 2.24) is 10.6 Å². The molecule has 0 radical (unpaired) electrons. The van der Waals surface area contributed by atoms with Crippen LogP contribution in [-0.2, 0) is 6.54 Å². The van der Waals surface area contributed by atoms with Crippen LogP contribution in [0.4, 0.5) is 10.5 Å². The van der Waals surface area contributed by atoms with Crippen molar-refractivity contribution < 1.29 is 9.21 Å². The summed E-state index contributed by atoms with van der Waals surface area (Å²) in [5.74, 6) is 0.844. The summed E-state index contributed by atoms with van der Waals surface area (Å²) in [7, 11) is 0. The number of furan rings is 1. The highest BCUT2D eigenvalue weighted by Gasteiger charge is 2.23. The molecule has 3 rings (SSSR count). The standard InChI is InChI=1S/C17H21N3O2/c1-13-14(8-10-22-13)11-18-17(21)19-15-7-9-20(12-15)16-5-3-2-4-6-16/h2-6,8,10,15H,7,9,11-12H2,1H3,(H2,18,19,21)/t15-/m1/s1. The largest absolute Gasteiger partial charge is 0.469 e. The number of hydrogen-bond acceptors (Lipinski definition) is 3. The van der Waals surface area contributed by atoms with Crippen LogP contribution in [0.25, 0.3) is 0 Å². The van der Waals surface area contributed by atoms with Gasteiger partial charge in [-0.1, -0.05) is 18.2 Å². The molecule has 5 nitrogen and oxygen atoms in total. The minimum absolute atomic E-state index is 0.125. The molecule has 2 N–H and O–H groups in total. The van der Waals surface area contributed by atoms with E-state index in [9.17, 15) is 4.79 Å². The van der Waals surface area contributed by atoms with E-state index in [4.69, 9.17) is 4.42 Å². The lowest BCUT2D eigenvalue weighted by atomic mass is 10.2. The van der Waals surface area contributed by atoms with E-state index in [2.05, 4.69) is 27.7 Å². The molecule has 1 saturated heterocycles. The zero-order valence-electron chi connectivity index (χ0n) is 12.7. The van der Waals surface area contributed by atoms with Crippen molar-refractivity contribution in [3.63, 3.8) is 0 Å². The quantitative estimate of drug-likeness (QED) is 0.912. The Morgan fingerprint density at radius 2 is 2.14 bits per heavy atom. The molecule has 0 aliphatic carbocycles. The Hall–Kier alpha value is -2.43. The predicted octanol–water partition coefficient (Wildman–Crippen LogP) is 2.67. The van der Waals surface area contributed by atoms with Crippen molar-refractivity contribution in [3.05, 3.63) is 54.0 Å². The van der Waals surface area contributed by atoms with Crippen molar-refractivity contribution in [3.8, 4) is 0 Å². The fourth-order valence-electron chi connectivity index (χ4n) is 2.76. The molecule has 2 aromatic rings. The molecule has 1 aliphatic heterocycles. The Morgan fingerprint density at radius 1 is 1.32 bits per heavy atom. The number of nitrogens with one attached hydrogen (secondary N) is 2. The molecule has 1 aromatic heterocycles. The Bertz CT molecular complexity index is 624. The number of urea groups is 1. The zero-order chi connectivity index (χ0) is 15.4. The van der Waals surface area contributed by atoms with Gasteiger partial charge in [0.25, 0.3) is 0 Å². The van der Waals surface area contributed by atoms with Gasteiger partial charge in [0.15, 0.2) is 0 Å². The number of para-hydroxylation sites is 1. The summed E-state index contributed by atoms with van der Waals surface area (Å²) in [5.41, 5.74) is 2.22. The third-order valence-corrected chi connectivity index (χ3v) is 4.05. The number of benzene rings is 1. The summed E-state index contributed by atoms with van der Waals surface area (Å²) in [6, 6.07) is 12.2. The molecular weight excluding hydrogens is 278 g/mol. The third-order valence-electron chi connectivity index (χ3n) is 4.05. The summed E-state index contributed by atoms with van der Waals surface area (Å²) in [6.45, 7) is 4.20. The molecular formula is C17H21N3O2. The van der Waals surface area contributed by atoms with E-state index < -0.39 is 0 Å². The first-order chi connectivity index (χ1) is 10.7. The normalized spacial score (nSPS) is 17.5. The van der Waals surface area contributed by atoms with Gasteiger partial charge in [0.1, 0.15) is 5.76 Å². The van der Waals surface area contributed by atoms with Crippen LogP contribution in [-0.4, -0.2) is 25.2 Å². The highest BCUT2D eigenvalue weighted by atomic mass is 16.3. The molecule has 1 fully saturated rings. The number of nitrogens with zero attached hydrogens (tertiary/aromatic N) is 1. The van der Waals surface area contributed by atoms with Crippen molar-refractivity contribution in [2.24, 2.45) is 0 Å². The molecule has 0 bridgehead atoms. The SMILES string of the molecule is Cc1occc1CNC(=O)N[C@@H]1CCN(c2ccccc2)C1.